The van der Waals surface area contributed by atoms with Crippen molar-refractivity contribution in [1.29, 1.82) is 0 Å². The topological polar surface area (TPSA) is 93.1 Å². The summed E-state index contributed by atoms with van der Waals surface area (Å²) in [6.45, 7) is 14.2. The lowest BCUT2D eigenvalue weighted by Crippen LogP contribution is -2.25. The average molecular weight is 535 g/mol. The summed E-state index contributed by atoms with van der Waals surface area (Å²) in [5.41, 5.74) is 2.19. The molecule has 1 rings (SSSR count). The number of hydrogen-bond acceptors (Lipinski definition) is 6. The third kappa shape index (κ3) is 13.6. The first-order valence-corrected chi connectivity index (χ1v) is 14.6. The van der Waals surface area contributed by atoms with Gasteiger partial charge < -0.3 is 19.7 Å². The number of carbonyl (C=O) groups is 2. The molecule has 218 valence electrons. The number of aryl methyl sites for hydroxylation is 1. The molecule has 0 saturated carbocycles. The molecule has 6 heteroatoms. The molecule has 1 aromatic carbocycles. The molecule has 0 amide bonds. The quantitative estimate of drug-likeness (QED) is 0.161. The van der Waals surface area contributed by atoms with Gasteiger partial charge in [-0.25, -0.2) is 0 Å². The highest BCUT2D eigenvalue weighted by atomic mass is 16.6. The van der Waals surface area contributed by atoms with E-state index in [9.17, 15) is 19.8 Å². The van der Waals surface area contributed by atoms with Gasteiger partial charge in [-0.3, -0.25) is 9.59 Å². The van der Waals surface area contributed by atoms with Crippen LogP contribution in [-0.4, -0.2) is 41.5 Å². The summed E-state index contributed by atoms with van der Waals surface area (Å²) in [4.78, 5) is 24.2. The second kappa shape index (κ2) is 16.8. The summed E-state index contributed by atoms with van der Waals surface area (Å²) < 4.78 is 10.3. The Morgan fingerprint density at radius 2 is 1.16 bits per heavy atom. The average Bonchev–Trinajstić information content (AvgIpc) is 2.83. The minimum Gasteiger partial charge on any atom is -0.507 e. The summed E-state index contributed by atoms with van der Waals surface area (Å²) >= 11 is 0. The molecular weight excluding hydrogens is 480 g/mol. The van der Waals surface area contributed by atoms with Crippen LogP contribution in [0.25, 0.3) is 0 Å². The SMILES string of the molecule is CCCCCCCCCCCC(=O)OCC(O)COC(=O)CCc1cc(C(C)(C)C)c(O)c(C(C)(C)C)c1. The third-order valence-electron chi connectivity index (χ3n) is 6.76. The largest absolute Gasteiger partial charge is 0.507 e. The number of aliphatic hydroxyl groups is 1. The van der Waals surface area contributed by atoms with Crippen LogP contribution >= 0.6 is 0 Å². The molecule has 0 aliphatic heterocycles. The fourth-order valence-electron chi connectivity index (χ4n) is 4.38. The highest BCUT2D eigenvalue weighted by Crippen LogP contribution is 2.40. The smallest absolute Gasteiger partial charge is 0.306 e. The minimum atomic E-state index is -1.04. The van der Waals surface area contributed by atoms with E-state index in [2.05, 4.69) is 48.5 Å². The first kappa shape index (κ1) is 33.9. The number of unbranched alkanes of at least 4 members (excludes halogenated alkanes) is 8. The number of esters is 2. The molecule has 38 heavy (non-hydrogen) atoms. The predicted octanol–water partition coefficient (Wildman–Crippen LogP) is 7.29. The lowest BCUT2D eigenvalue weighted by Gasteiger charge is -2.28. The number of phenols is 1. The van der Waals surface area contributed by atoms with Crippen LogP contribution in [0.4, 0.5) is 0 Å². The second-order valence-electron chi connectivity index (χ2n) is 12.6. The van der Waals surface area contributed by atoms with E-state index < -0.39 is 12.1 Å². The summed E-state index contributed by atoms with van der Waals surface area (Å²) in [6, 6.07) is 3.92. The zero-order valence-electron chi connectivity index (χ0n) is 25.2. The Balaban J connectivity index is 2.35. The first-order chi connectivity index (χ1) is 17.8. The normalized spacial score (nSPS) is 12.8. The Bertz CT molecular complexity index is 811. The first-order valence-electron chi connectivity index (χ1n) is 14.6. The van der Waals surface area contributed by atoms with E-state index in [1.54, 1.807) is 0 Å². The van der Waals surface area contributed by atoms with Crippen molar-refractivity contribution in [2.45, 2.75) is 142 Å². The highest BCUT2D eigenvalue weighted by molar-refractivity contribution is 5.70. The Labute approximate surface area is 231 Å². The van der Waals surface area contributed by atoms with Crippen LogP contribution in [0.5, 0.6) is 5.75 Å². The molecule has 0 bridgehead atoms. The van der Waals surface area contributed by atoms with Crippen LogP contribution < -0.4 is 0 Å². The van der Waals surface area contributed by atoms with Crippen molar-refractivity contribution in [3.63, 3.8) is 0 Å². The third-order valence-corrected chi connectivity index (χ3v) is 6.76. The lowest BCUT2D eigenvalue weighted by molar-refractivity contribution is -0.152. The van der Waals surface area contributed by atoms with E-state index in [-0.39, 0.29) is 36.4 Å². The van der Waals surface area contributed by atoms with Gasteiger partial charge in [0.25, 0.3) is 0 Å². The summed E-state index contributed by atoms with van der Waals surface area (Å²) in [6.07, 6.45) is 10.5. The van der Waals surface area contributed by atoms with Crippen LogP contribution in [0.1, 0.15) is 136 Å². The maximum absolute atomic E-state index is 12.3. The molecule has 0 spiro atoms. The van der Waals surface area contributed by atoms with Gasteiger partial charge in [0, 0.05) is 12.8 Å². The van der Waals surface area contributed by atoms with Gasteiger partial charge in [0.05, 0.1) is 0 Å². The molecule has 0 radical (unpaired) electrons. The molecule has 0 aliphatic rings. The maximum atomic E-state index is 12.3. The molecule has 0 aliphatic carbocycles. The minimum absolute atomic E-state index is 0.156. The Morgan fingerprint density at radius 3 is 1.61 bits per heavy atom. The molecule has 0 aromatic heterocycles. The molecule has 0 saturated heterocycles. The van der Waals surface area contributed by atoms with Gasteiger partial charge in [0.2, 0.25) is 0 Å². The molecule has 1 atom stereocenters. The van der Waals surface area contributed by atoms with Crippen molar-refractivity contribution >= 4 is 11.9 Å². The van der Waals surface area contributed by atoms with Crippen LogP contribution in [0, 0.1) is 0 Å². The monoisotopic (exact) mass is 534 g/mol. The fraction of sp³-hybridized carbons (Fsp3) is 0.750. The van der Waals surface area contributed by atoms with E-state index in [1.807, 2.05) is 12.1 Å². The Kier molecular flexibility index (Phi) is 15.0. The van der Waals surface area contributed by atoms with Gasteiger partial charge in [0.15, 0.2) is 0 Å². The number of benzene rings is 1. The van der Waals surface area contributed by atoms with E-state index in [4.69, 9.17) is 9.47 Å². The van der Waals surface area contributed by atoms with Crippen molar-refractivity contribution in [1.82, 2.24) is 0 Å². The van der Waals surface area contributed by atoms with Crippen molar-refractivity contribution in [3.05, 3.63) is 28.8 Å². The maximum Gasteiger partial charge on any atom is 0.306 e. The van der Waals surface area contributed by atoms with E-state index >= 15 is 0 Å². The Morgan fingerprint density at radius 1 is 0.737 bits per heavy atom. The van der Waals surface area contributed by atoms with Crippen LogP contribution in [-0.2, 0) is 36.3 Å². The standard InChI is InChI=1S/C32H54O6/c1-8-9-10-11-12-13-14-15-16-17-28(34)37-22-25(33)23-38-29(35)19-18-24-20-26(31(2,3)4)30(36)27(21-24)32(5,6)7/h20-21,25,33,36H,8-19,22-23H2,1-7H3. The van der Waals surface area contributed by atoms with E-state index in [0.717, 1.165) is 36.0 Å². The van der Waals surface area contributed by atoms with Gasteiger partial charge in [-0.1, -0.05) is 112 Å². The van der Waals surface area contributed by atoms with Crippen LogP contribution in [0.3, 0.4) is 0 Å². The predicted molar refractivity (Wildman–Crippen MR) is 154 cm³/mol. The summed E-state index contributed by atoms with van der Waals surface area (Å²) in [7, 11) is 0. The zero-order chi connectivity index (χ0) is 28.8. The van der Waals surface area contributed by atoms with Crippen molar-refractivity contribution < 1.29 is 29.3 Å². The number of aromatic hydroxyl groups is 1. The van der Waals surface area contributed by atoms with Crippen molar-refractivity contribution in [2.24, 2.45) is 0 Å². The number of ether oxygens (including phenoxy) is 2. The molecule has 1 unspecified atom stereocenters. The number of phenolic OH excluding ortho intramolecular Hbond substituents is 1. The zero-order valence-corrected chi connectivity index (χ0v) is 25.2. The van der Waals surface area contributed by atoms with Crippen molar-refractivity contribution in [2.75, 3.05) is 13.2 Å². The van der Waals surface area contributed by atoms with E-state index in [0.29, 0.717) is 18.6 Å². The van der Waals surface area contributed by atoms with Gasteiger partial charge in [-0.2, -0.15) is 0 Å². The summed E-state index contributed by atoms with van der Waals surface area (Å²) in [5, 5.41) is 20.9. The van der Waals surface area contributed by atoms with Crippen LogP contribution in [0.15, 0.2) is 12.1 Å². The van der Waals surface area contributed by atoms with Gasteiger partial charge in [0.1, 0.15) is 25.1 Å². The molecule has 0 fully saturated rings. The van der Waals surface area contributed by atoms with Crippen LogP contribution in [0.2, 0.25) is 0 Å². The highest BCUT2D eigenvalue weighted by Gasteiger charge is 2.26. The van der Waals surface area contributed by atoms with Gasteiger partial charge >= 0.3 is 11.9 Å². The fourth-order valence-corrected chi connectivity index (χ4v) is 4.38. The molecule has 0 heterocycles. The number of carbonyl (C=O) groups excluding carboxylic acids is 2. The lowest BCUT2D eigenvalue weighted by atomic mass is 9.78. The number of rotatable bonds is 17. The Hall–Kier alpha value is -2.08. The summed E-state index contributed by atoms with van der Waals surface area (Å²) in [5.74, 6) is -0.436. The van der Waals surface area contributed by atoms with Gasteiger partial charge in [-0.05, 0) is 40.4 Å². The molecular formula is C32H54O6. The number of hydrogen-bond donors (Lipinski definition) is 2. The number of aliphatic hydroxyl groups excluding tert-OH is 1. The van der Waals surface area contributed by atoms with Crippen molar-refractivity contribution in [3.8, 4) is 5.75 Å². The molecule has 1 aromatic rings. The second-order valence-corrected chi connectivity index (χ2v) is 12.6. The van der Waals surface area contributed by atoms with E-state index in [1.165, 1.54) is 38.5 Å². The molecule has 2 N–H and O–H groups in total. The van der Waals surface area contributed by atoms with Gasteiger partial charge in [-0.15, -0.1) is 0 Å². The molecule has 6 nitrogen and oxygen atoms in total.